The first-order valence-corrected chi connectivity index (χ1v) is 7.06. The number of aromatic amines is 1. The molecule has 0 spiro atoms. The minimum atomic E-state index is -0.159. The van der Waals surface area contributed by atoms with Crippen molar-refractivity contribution in [3.63, 3.8) is 0 Å². The van der Waals surface area contributed by atoms with Gasteiger partial charge in [0.05, 0.1) is 0 Å². The Hall–Kier alpha value is -2.33. The molecule has 0 aliphatic carbocycles. The summed E-state index contributed by atoms with van der Waals surface area (Å²) < 4.78 is 0. The Kier molecular flexibility index (Phi) is 3.88. The van der Waals surface area contributed by atoms with Crippen molar-refractivity contribution < 1.29 is 4.79 Å². The van der Waals surface area contributed by atoms with Crippen LogP contribution in [0.4, 0.5) is 0 Å². The number of amides is 1. The van der Waals surface area contributed by atoms with Gasteiger partial charge in [0.2, 0.25) is 0 Å². The number of H-pyrrole nitrogens is 1. The summed E-state index contributed by atoms with van der Waals surface area (Å²) in [6.07, 6.45) is 4.30. The maximum Gasteiger partial charge on any atom is 0.269 e. The first-order chi connectivity index (χ1) is 10.2. The van der Waals surface area contributed by atoms with Crippen molar-refractivity contribution in [2.45, 2.75) is 6.42 Å². The number of benzene rings is 1. The summed E-state index contributed by atoms with van der Waals surface area (Å²) in [6, 6.07) is 11.0. The quantitative estimate of drug-likeness (QED) is 0.777. The lowest BCUT2D eigenvalue weighted by Crippen LogP contribution is -2.26. The molecular weight excluding hydrogens is 286 g/mol. The van der Waals surface area contributed by atoms with E-state index in [2.05, 4.69) is 15.3 Å². The zero-order valence-corrected chi connectivity index (χ0v) is 12.0. The van der Waals surface area contributed by atoms with Crippen molar-refractivity contribution in [3.05, 3.63) is 65.1 Å². The fourth-order valence-corrected chi connectivity index (χ4v) is 2.43. The van der Waals surface area contributed by atoms with E-state index < -0.39 is 0 Å². The molecule has 106 valence electrons. The second kappa shape index (κ2) is 5.97. The molecule has 2 aromatic heterocycles. The van der Waals surface area contributed by atoms with Crippen molar-refractivity contribution in [1.29, 1.82) is 0 Å². The number of rotatable bonds is 4. The van der Waals surface area contributed by atoms with Gasteiger partial charge in [0.25, 0.3) is 5.91 Å². The molecule has 1 amide bonds. The monoisotopic (exact) mass is 299 g/mol. The molecule has 0 atom stereocenters. The number of carbonyl (C=O) groups is 1. The van der Waals surface area contributed by atoms with Gasteiger partial charge in [0.15, 0.2) is 0 Å². The van der Waals surface area contributed by atoms with Crippen molar-refractivity contribution >= 4 is 28.4 Å². The summed E-state index contributed by atoms with van der Waals surface area (Å²) in [5.74, 6) is -0.159. The van der Waals surface area contributed by atoms with Crippen LogP contribution in [0.5, 0.6) is 0 Å². The van der Waals surface area contributed by atoms with Gasteiger partial charge in [-0.2, -0.15) is 0 Å². The van der Waals surface area contributed by atoms with Gasteiger partial charge < -0.3 is 10.3 Å². The number of fused-ring (bicyclic) bond motifs is 1. The van der Waals surface area contributed by atoms with E-state index in [1.807, 2.05) is 24.4 Å². The zero-order valence-electron chi connectivity index (χ0n) is 11.3. The molecule has 2 N–H and O–H groups in total. The molecular formula is C16H14ClN3O. The molecule has 3 aromatic rings. The number of halogens is 1. The van der Waals surface area contributed by atoms with E-state index in [1.54, 1.807) is 24.4 Å². The van der Waals surface area contributed by atoms with Crippen LogP contribution in [-0.2, 0) is 6.42 Å². The number of nitrogens with one attached hydrogen (secondary N) is 2. The normalized spacial score (nSPS) is 10.7. The van der Waals surface area contributed by atoms with E-state index in [0.717, 1.165) is 22.9 Å². The van der Waals surface area contributed by atoms with Gasteiger partial charge in [-0.1, -0.05) is 17.7 Å². The molecule has 1 aromatic carbocycles. The lowest BCUT2D eigenvalue weighted by atomic mass is 10.1. The molecule has 0 unspecified atom stereocenters. The van der Waals surface area contributed by atoms with E-state index in [-0.39, 0.29) is 5.91 Å². The zero-order chi connectivity index (χ0) is 14.7. The number of hydrogen-bond acceptors (Lipinski definition) is 2. The molecule has 3 rings (SSSR count). The van der Waals surface area contributed by atoms with Gasteiger partial charge in [0, 0.05) is 34.9 Å². The van der Waals surface area contributed by atoms with Crippen LogP contribution in [0.2, 0.25) is 5.02 Å². The SMILES string of the molecule is O=C(NCCc1c[nH]c2ccc(Cl)cc12)c1ccccn1. The molecule has 0 saturated heterocycles. The fraction of sp³-hybridized carbons (Fsp3) is 0.125. The van der Waals surface area contributed by atoms with Crippen LogP contribution in [0.15, 0.2) is 48.8 Å². The molecule has 4 nitrogen and oxygen atoms in total. The Morgan fingerprint density at radius 1 is 1.29 bits per heavy atom. The molecule has 0 bridgehead atoms. The van der Waals surface area contributed by atoms with E-state index >= 15 is 0 Å². The molecule has 2 heterocycles. The summed E-state index contributed by atoms with van der Waals surface area (Å²) in [6.45, 7) is 0.550. The van der Waals surface area contributed by atoms with E-state index in [9.17, 15) is 4.79 Å². The first kappa shape index (κ1) is 13.6. The van der Waals surface area contributed by atoms with Gasteiger partial charge in [-0.25, -0.2) is 0 Å². The summed E-state index contributed by atoms with van der Waals surface area (Å²) in [5.41, 5.74) is 2.61. The molecule has 5 heteroatoms. The lowest BCUT2D eigenvalue weighted by Gasteiger charge is -2.04. The average Bonchev–Trinajstić information content (AvgIpc) is 2.90. The van der Waals surface area contributed by atoms with Crippen molar-refractivity contribution in [2.75, 3.05) is 6.54 Å². The largest absolute Gasteiger partial charge is 0.361 e. The molecule has 0 radical (unpaired) electrons. The Morgan fingerprint density at radius 3 is 3.00 bits per heavy atom. The van der Waals surface area contributed by atoms with Gasteiger partial charge in [0.1, 0.15) is 5.69 Å². The highest BCUT2D eigenvalue weighted by Crippen LogP contribution is 2.22. The molecule has 0 saturated carbocycles. The van der Waals surface area contributed by atoms with Gasteiger partial charge in [-0.15, -0.1) is 0 Å². The Morgan fingerprint density at radius 2 is 2.19 bits per heavy atom. The van der Waals surface area contributed by atoms with Crippen LogP contribution in [0.1, 0.15) is 16.1 Å². The number of aromatic nitrogens is 2. The van der Waals surface area contributed by atoms with Crippen molar-refractivity contribution in [3.8, 4) is 0 Å². The third kappa shape index (κ3) is 3.06. The Balaban J connectivity index is 1.65. The van der Waals surface area contributed by atoms with Gasteiger partial charge >= 0.3 is 0 Å². The number of hydrogen-bond donors (Lipinski definition) is 2. The summed E-state index contributed by atoms with van der Waals surface area (Å²) in [4.78, 5) is 19.1. The van der Waals surface area contributed by atoms with E-state index in [0.29, 0.717) is 17.3 Å². The number of nitrogens with zero attached hydrogens (tertiary/aromatic N) is 1. The van der Waals surface area contributed by atoms with Gasteiger partial charge in [-0.05, 0) is 42.3 Å². The molecule has 0 fully saturated rings. The van der Waals surface area contributed by atoms with E-state index in [4.69, 9.17) is 11.6 Å². The topological polar surface area (TPSA) is 57.8 Å². The van der Waals surface area contributed by atoms with Crippen LogP contribution in [0, 0.1) is 0 Å². The second-order valence-electron chi connectivity index (χ2n) is 4.72. The van der Waals surface area contributed by atoms with Crippen LogP contribution in [0.25, 0.3) is 10.9 Å². The average molecular weight is 300 g/mol. The highest BCUT2D eigenvalue weighted by Gasteiger charge is 2.07. The van der Waals surface area contributed by atoms with Crippen LogP contribution >= 0.6 is 11.6 Å². The van der Waals surface area contributed by atoms with Crippen LogP contribution in [-0.4, -0.2) is 22.4 Å². The molecule has 0 aliphatic rings. The summed E-state index contributed by atoms with van der Waals surface area (Å²) in [5, 5.41) is 4.67. The van der Waals surface area contributed by atoms with Crippen LogP contribution < -0.4 is 5.32 Å². The number of pyridine rings is 1. The highest BCUT2D eigenvalue weighted by atomic mass is 35.5. The van der Waals surface area contributed by atoms with Crippen molar-refractivity contribution in [2.24, 2.45) is 0 Å². The molecule has 0 aliphatic heterocycles. The highest BCUT2D eigenvalue weighted by molar-refractivity contribution is 6.31. The van der Waals surface area contributed by atoms with Gasteiger partial charge in [-0.3, -0.25) is 9.78 Å². The Labute approximate surface area is 127 Å². The Bertz CT molecular complexity index is 768. The minimum absolute atomic E-state index is 0.159. The predicted molar refractivity (Wildman–Crippen MR) is 83.6 cm³/mol. The van der Waals surface area contributed by atoms with Crippen LogP contribution in [0.3, 0.4) is 0 Å². The van der Waals surface area contributed by atoms with Crippen molar-refractivity contribution in [1.82, 2.24) is 15.3 Å². The standard InChI is InChI=1S/C16H14ClN3O/c17-12-4-5-14-13(9-12)11(10-20-14)6-8-19-16(21)15-3-1-2-7-18-15/h1-5,7,9-10,20H,6,8H2,(H,19,21). The lowest BCUT2D eigenvalue weighted by molar-refractivity contribution is 0.0949. The third-order valence-electron chi connectivity index (χ3n) is 3.31. The smallest absolute Gasteiger partial charge is 0.269 e. The maximum absolute atomic E-state index is 11.9. The summed E-state index contributed by atoms with van der Waals surface area (Å²) >= 11 is 6.02. The second-order valence-corrected chi connectivity index (χ2v) is 5.16. The number of carbonyl (C=O) groups excluding carboxylic acids is 1. The third-order valence-corrected chi connectivity index (χ3v) is 3.54. The predicted octanol–water partition coefficient (Wildman–Crippen LogP) is 3.19. The fourth-order valence-electron chi connectivity index (χ4n) is 2.26. The van der Waals surface area contributed by atoms with E-state index in [1.165, 1.54) is 0 Å². The molecule has 21 heavy (non-hydrogen) atoms. The minimum Gasteiger partial charge on any atom is -0.361 e. The maximum atomic E-state index is 11.9. The summed E-state index contributed by atoms with van der Waals surface area (Å²) in [7, 11) is 0. The first-order valence-electron chi connectivity index (χ1n) is 6.69.